The minimum absolute atomic E-state index is 0.127. The zero-order chi connectivity index (χ0) is 12.0. The molecule has 0 radical (unpaired) electrons. The van der Waals surface area contributed by atoms with Crippen LogP contribution >= 0.6 is 0 Å². The number of fused-ring (bicyclic) bond motifs is 1. The molecule has 0 aliphatic carbocycles. The van der Waals surface area contributed by atoms with Gasteiger partial charge in [-0.2, -0.15) is 0 Å². The first-order valence-electron chi connectivity index (χ1n) is 5.96. The Balaban J connectivity index is 1.96. The molecule has 3 rings (SSSR count). The van der Waals surface area contributed by atoms with Crippen LogP contribution in [-0.2, 0) is 4.79 Å². The van der Waals surface area contributed by atoms with Gasteiger partial charge in [-0.1, -0.05) is 12.1 Å². The molecule has 1 amide bonds. The Morgan fingerprint density at radius 2 is 1.94 bits per heavy atom. The third-order valence-corrected chi connectivity index (χ3v) is 3.87. The minimum Gasteiger partial charge on any atom is -0.508 e. The van der Waals surface area contributed by atoms with E-state index in [9.17, 15) is 15.0 Å². The molecule has 0 saturated carbocycles. The Hall–Kier alpha value is -1.55. The SMILES string of the molecule is O=C1[C@H](O)[C@H](c2ccc(O)cc2)[C@@H]2CCCN12. The van der Waals surface area contributed by atoms with Crippen LogP contribution in [0.15, 0.2) is 24.3 Å². The Morgan fingerprint density at radius 3 is 2.65 bits per heavy atom. The summed E-state index contributed by atoms with van der Waals surface area (Å²) >= 11 is 0. The van der Waals surface area contributed by atoms with Gasteiger partial charge in [0.25, 0.3) is 5.91 Å². The third-order valence-electron chi connectivity index (χ3n) is 3.87. The number of aromatic hydroxyl groups is 1. The number of hydrogen-bond donors (Lipinski definition) is 2. The lowest BCUT2D eigenvalue weighted by molar-refractivity contribution is -0.134. The second-order valence-electron chi connectivity index (χ2n) is 4.80. The molecule has 2 N–H and O–H groups in total. The van der Waals surface area contributed by atoms with Crippen molar-refractivity contribution < 1.29 is 15.0 Å². The zero-order valence-corrected chi connectivity index (χ0v) is 9.41. The summed E-state index contributed by atoms with van der Waals surface area (Å²) in [6, 6.07) is 6.91. The van der Waals surface area contributed by atoms with Crippen LogP contribution in [0, 0.1) is 0 Å². The largest absolute Gasteiger partial charge is 0.508 e. The van der Waals surface area contributed by atoms with E-state index in [4.69, 9.17) is 0 Å². The molecule has 0 aromatic heterocycles. The van der Waals surface area contributed by atoms with Gasteiger partial charge in [0.2, 0.25) is 0 Å². The van der Waals surface area contributed by atoms with Crippen molar-refractivity contribution in [3.63, 3.8) is 0 Å². The molecule has 2 fully saturated rings. The normalized spacial score (nSPS) is 31.9. The van der Waals surface area contributed by atoms with E-state index < -0.39 is 6.10 Å². The molecule has 2 aliphatic rings. The fraction of sp³-hybridized carbons (Fsp3) is 0.462. The number of carbonyl (C=O) groups excluding carboxylic acids is 1. The maximum atomic E-state index is 11.9. The number of nitrogens with zero attached hydrogens (tertiary/aromatic N) is 1. The molecule has 2 saturated heterocycles. The van der Waals surface area contributed by atoms with Crippen LogP contribution in [0.5, 0.6) is 5.75 Å². The molecule has 0 unspecified atom stereocenters. The maximum Gasteiger partial charge on any atom is 0.252 e. The topological polar surface area (TPSA) is 60.8 Å². The number of rotatable bonds is 1. The first-order valence-corrected chi connectivity index (χ1v) is 5.96. The van der Waals surface area contributed by atoms with E-state index in [1.807, 2.05) is 0 Å². The summed E-state index contributed by atoms with van der Waals surface area (Å²) in [5, 5.41) is 19.3. The third kappa shape index (κ3) is 1.52. The van der Waals surface area contributed by atoms with Crippen LogP contribution < -0.4 is 0 Å². The van der Waals surface area contributed by atoms with Gasteiger partial charge in [0, 0.05) is 18.5 Å². The maximum absolute atomic E-state index is 11.9. The monoisotopic (exact) mass is 233 g/mol. The van der Waals surface area contributed by atoms with Crippen LogP contribution in [0.1, 0.15) is 24.3 Å². The zero-order valence-electron chi connectivity index (χ0n) is 9.41. The number of phenolic OH excluding ortho intramolecular Hbond substituents is 1. The van der Waals surface area contributed by atoms with Gasteiger partial charge >= 0.3 is 0 Å². The van der Waals surface area contributed by atoms with E-state index in [0.717, 1.165) is 24.9 Å². The van der Waals surface area contributed by atoms with Crippen molar-refractivity contribution in [1.29, 1.82) is 0 Å². The number of phenols is 1. The van der Waals surface area contributed by atoms with Gasteiger partial charge in [0.05, 0.1) is 0 Å². The highest BCUT2D eigenvalue weighted by molar-refractivity contribution is 5.85. The summed E-state index contributed by atoms with van der Waals surface area (Å²) in [5.74, 6) is -0.0907. The Kier molecular flexibility index (Phi) is 2.33. The van der Waals surface area contributed by atoms with Gasteiger partial charge < -0.3 is 15.1 Å². The van der Waals surface area contributed by atoms with Crippen molar-refractivity contribution in [1.82, 2.24) is 4.90 Å². The lowest BCUT2D eigenvalue weighted by Gasteiger charge is -2.20. The summed E-state index contributed by atoms with van der Waals surface area (Å²) < 4.78 is 0. The minimum atomic E-state index is -0.926. The molecular weight excluding hydrogens is 218 g/mol. The second kappa shape index (κ2) is 3.74. The summed E-state index contributed by atoms with van der Waals surface area (Å²) in [7, 11) is 0. The predicted molar refractivity (Wildman–Crippen MR) is 61.6 cm³/mol. The van der Waals surface area contributed by atoms with Gasteiger partial charge in [-0.25, -0.2) is 0 Å². The summed E-state index contributed by atoms with van der Waals surface area (Å²) in [5.41, 5.74) is 0.929. The summed E-state index contributed by atoms with van der Waals surface area (Å²) in [4.78, 5) is 13.7. The van der Waals surface area contributed by atoms with E-state index in [2.05, 4.69) is 0 Å². The number of hydrogen-bond acceptors (Lipinski definition) is 3. The van der Waals surface area contributed by atoms with E-state index in [1.54, 1.807) is 29.2 Å². The Labute approximate surface area is 99.5 Å². The Morgan fingerprint density at radius 1 is 1.24 bits per heavy atom. The first kappa shape index (κ1) is 10.6. The van der Waals surface area contributed by atoms with Gasteiger partial charge in [0.1, 0.15) is 11.9 Å². The molecule has 2 aliphatic heterocycles. The fourth-order valence-corrected chi connectivity index (χ4v) is 3.07. The number of benzene rings is 1. The lowest BCUT2D eigenvalue weighted by atomic mass is 9.88. The molecule has 2 heterocycles. The fourth-order valence-electron chi connectivity index (χ4n) is 3.07. The highest BCUT2D eigenvalue weighted by Gasteiger charge is 2.49. The molecular formula is C13H15NO3. The number of aliphatic hydroxyl groups is 1. The molecule has 4 nitrogen and oxygen atoms in total. The van der Waals surface area contributed by atoms with E-state index in [1.165, 1.54) is 0 Å². The van der Waals surface area contributed by atoms with Crippen LogP contribution in [0.3, 0.4) is 0 Å². The van der Waals surface area contributed by atoms with Crippen molar-refractivity contribution in [3.8, 4) is 5.75 Å². The van der Waals surface area contributed by atoms with Gasteiger partial charge in [-0.15, -0.1) is 0 Å². The average Bonchev–Trinajstić information content (AvgIpc) is 2.87. The Bertz CT molecular complexity index is 442. The van der Waals surface area contributed by atoms with Crippen molar-refractivity contribution in [2.45, 2.75) is 30.9 Å². The van der Waals surface area contributed by atoms with Crippen molar-refractivity contribution in [2.75, 3.05) is 6.54 Å². The molecule has 1 aromatic rings. The molecule has 0 bridgehead atoms. The van der Waals surface area contributed by atoms with Crippen molar-refractivity contribution >= 4 is 5.91 Å². The number of carbonyl (C=O) groups is 1. The van der Waals surface area contributed by atoms with Gasteiger partial charge in [0.15, 0.2) is 0 Å². The van der Waals surface area contributed by atoms with Gasteiger partial charge in [-0.3, -0.25) is 4.79 Å². The molecule has 4 heteroatoms. The van der Waals surface area contributed by atoms with Crippen LogP contribution in [0.25, 0.3) is 0 Å². The summed E-state index contributed by atoms with van der Waals surface area (Å²) in [6.07, 6.45) is 1.04. The molecule has 17 heavy (non-hydrogen) atoms. The first-order chi connectivity index (χ1) is 8.18. The number of aliphatic hydroxyl groups excluding tert-OH is 1. The standard InChI is InChI=1S/C13H15NO3/c15-9-5-3-8(4-6-9)11-10-2-1-7-14(10)13(17)12(11)16/h3-6,10-12,15-16H,1-2,7H2/t10-,11+,12+/m0/s1. The predicted octanol–water partition coefficient (Wildman–Crippen LogP) is 0.841. The lowest BCUT2D eigenvalue weighted by Crippen LogP contribution is -2.29. The molecule has 0 spiro atoms. The average molecular weight is 233 g/mol. The van der Waals surface area contributed by atoms with E-state index >= 15 is 0 Å². The van der Waals surface area contributed by atoms with Crippen LogP contribution in [0.2, 0.25) is 0 Å². The van der Waals surface area contributed by atoms with Gasteiger partial charge in [-0.05, 0) is 30.5 Å². The highest BCUT2D eigenvalue weighted by Crippen LogP contribution is 2.40. The second-order valence-corrected chi connectivity index (χ2v) is 4.80. The van der Waals surface area contributed by atoms with Crippen molar-refractivity contribution in [3.05, 3.63) is 29.8 Å². The molecule has 3 atom stereocenters. The quantitative estimate of drug-likeness (QED) is 0.755. The molecule has 1 aromatic carbocycles. The molecule has 90 valence electrons. The summed E-state index contributed by atoms with van der Waals surface area (Å²) in [6.45, 7) is 0.759. The smallest absolute Gasteiger partial charge is 0.252 e. The van der Waals surface area contributed by atoms with E-state index in [-0.39, 0.29) is 23.6 Å². The van der Waals surface area contributed by atoms with Crippen molar-refractivity contribution in [2.24, 2.45) is 0 Å². The number of amides is 1. The highest BCUT2D eigenvalue weighted by atomic mass is 16.3. The van der Waals surface area contributed by atoms with Crippen LogP contribution in [0.4, 0.5) is 0 Å². The van der Waals surface area contributed by atoms with E-state index in [0.29, 0.717) is 0 Å². The van der Waals surface area contributed by atoms with Crippen LogP contribution in [-0.4, -0.2) is 39.7 Å².